The van der Waals surface area contributed by atoms with Crippen LogP contribution in [0.25, 0.3) is 0 Å². The van der Waals surface area contributed by atoms with Crippen LogP contribution in [0.5, 0.6) is 5.75 Å². The number of carbonyl (C=O) groups excluding carboxylic acids is 2. The van der Waals surface area contributed by atoms with Crippen molar-refractivity contribution in [2.45, 2.75) is 39.7 Å². The molecule has 1 aliphatic heterocycles. The fourth-order valence-corrected chi connectivity index (χ4v) is 4.45. The minimum Gasteiger partial charge on any atom is -0.492 e. The topological polar surface area (TPSA) is 66.8 Å². The minimum absolute atomic E-state index is 0.251. The van der Waals surface area contributed by atoms with Crippen LogP contribution in [0.2, 0.25) is 0 Å². The molecule has 0 fully saturated rings. The maximum absolute atomic E-state index is 13.4. The van der Waals surface area contributed by atoms with E-state index >= 15 is 0 Å². The van der Waals surface area contributed by atoms with E-state index in [0.29, 0.717) is 16.8 Å². The highest BCUT2D eigenvalue weighted by molar-refractivity contribution is 6.11. The number of ether oxygens (including phenoxy) is 1. The number of rotatable bonds is 7. The molecule has 1 amide bonds. The maximum Gasteiger partial charge on any atom is 0.264 e. The smallest absolute Gasteiger partial charge is 0.264 e. The van der Waals surface area contributed by atoms with Crippen molar-refractivity contribution in [3.63, 3.8) is 0 Å². The van der Waals surface area contributed by atoms with E-state index < -0.39 is 11.5 Å². The number of carbonyl (C=O) groups is 2. The molecule has 1 N–H and O–H groups in total. The molecule has 3 aromatic carbocycles. The molecule has 4 rings (SSSR count). The Labute approximate surface area is 194 Å². The molecular formula is C28H29NO4. The van der Waals surface area contributed by atoms with Crippen molar-refractivity contribution in [3.8, 4) is 5.75 Å². The second-order valence-corrected chi connectivity index (χ2v) is 8.85. The molecule has 5 heteroatoms. The van der Waals surface area contributed by atoms with Gasteiger partial charge in [0.1, 0.15) is 12.4 Å². The third-order valence-corrected chi connectivity index (χ3v) is 6.37. The molecule has 0 spiro atoms. The van der Waals surface area contributed by atoms with Crippen LogP contribution in [-0.4, -0.2) is 29.9 Å². The van der Waals surface area contributed by atoms with Crippen molar-refractivity contribution < 1.29 is 19.4 Å². The van der Waals surface area contributed by atoms with Crippen LogP contribution >= 0.6 is 0 Å². The summed E-state index contributed by atoms with van der Waals surface area (Å²) in [5, 5.41) is 11.5. The largest absolute Gasteiger partial charge is 0.492 e. The molecule has 0 aliphatic carbocycles. The first kappa shape index (κ1) is 22.7. The van der Waals surface area contributed by atoms with Crippen LogP contribution < -0.4 is 9.64 Å². The van der Waals surface area contributed by atoms with Gasteiger partial charge in [0.25, 0.3) is 5.91 Å². The Morgan fingerprint density at radius 2 is 1.67 bits per heavy atom. The third-order valence-electron chi connectivity index (χ3n) is 6.37. The zero-order valence-corrected chi connectivity index (χ0v) is 19.5. The van der Waals surface area contributed by atoms with Gasteiger partial charge < -0.3 is 14.7 Å². The van der Waals surface area contributed by atoms with E-state index in [0.717, 1.165) is 28.0 Å². The lowest BCUT2D eigenvalue weighted by molar-refractivity contribution is -0.135. The summed E-state index contributed by atoms with van der Waals surface area (Å²) >= 11 is 0. The Balaban J connectivity index is 1.57. The molecule has 0 aromatic heterocycles. The normalized spacial score (nSPS) is 17.2. The number of fused-ring (bicyclic) bond motifs is 1. The van der Waals surface area contributed by atoms with Gasteiger partial charge in [0.2, 0.25) is 0 Å². The number of aryl methyl sites for hydroxylation is 4. The van der Waals surface area contributed by atoms with E-state index in [1.807, 2.05) is 70.2 Å². The second kappa shape index (κ2) is 8.83. The standard InChI is InChI=1S/C28H29NO4/c1-18-8-7-9-22(14-18)33-13-12-29-25-11-6-5-10-24(25)28(32,27(29)31)17-26(30)23-16-20(3)19(2)15-21(23)4/h5-11,14-16,32H,12-13,17H2,1-4H3. The quantitative estimate of drug-likeness (QED) is 0.533. The Kier molecular flexibility index (Phi) is 6.09. The van der Waals surface area contributed by atoms with Crippen molar-refractivity contribution in [3.05, 3.63) is 94.0 Å². The number of amides is 1. The summed E-state index contributed by atoms with van der Waals surface area (Å²) in [6.45, 7) is 8.35. The van der Waals surface area contributed by atoms with E-state index in [4.69, 9.17) is 4.74 Å². The Hall–Kier alpha value is -3.44. The first-order valence-electron chi connectivity index (χ1n) is 11.1. The molecule has 1 unspecified atom stereocenters. The number of hydrogen-bond acceptors (Lipinski definition) is 4. The van der Waals surface area contributed by atoms with Crippen LogP contribution in [0, 0.1) is 27.7 Å². The number of nitrogens with zero attached hydrogens (tertiary/aromatic N) is 1. The molecule has 0 bridgehead atoms. The molecule has 0 saturated carbocycles. The van der Waals surface area contributed by atoms with E-state index in [1.54, 1.807) is 18.2 Å². The summed E-state index contributed by atoms with van der Waals surface area (Å²) in [7, 11) is 0. The zero-order chi connectivity index (χ0) is 23.8. The molecular weight excluding hydrogens is 414 g/mol. The van der Waals surface area contributed by atoms with Gasteiger partial charge in [-0.25, -0.2) is 0 Å². The molecule has 1 aliphatic rings. The SMILES string of the molecule is Cc1cccc(OCCN2C(=O)C(O)(CC(=O)c3cc(C)c(C)cc3C)c3ccccc32)c1. The highest BCUT2D eigenvalue weighted by atomic mass is 16.5. The molecule has 0 saturated heterocycles. The summed E-state index contributed by atoms with van der Waals surface area (Å²) in [6.07, 6.45) is -0.304. The highest BCUT2D eigenvalue weighted by Crippen LogP contribution is 2.43. The number of benzene rings is 3. The van der Waals surface area contributed by atoms with Crippen LogP contribution in [0.15, 0.2) is 60.7 Å². The number of ketones is 1. The summed E-state index contributed by atoms with van der Waals surface area (Å²) < 4.78 is 5.83. The van der Waals surface area contributed by atoms with Crippen molar-refractivity contribution in [1.82, 2.24) is 0 Å². The molecule has 170 valence electrons. The summed E-state index contributed by atoms with van der Waals surface area (Å²) in [6, 6.07) is 18.6. The average Bonchev–Trinajstić information content (AvgIpc) is 2.98. The predicted octanol–water partition coefficient (Wildman–Crippen LogP) is 4.81. The van der Waals surface area contributed by atoms with Gasteiger partial charge in [-0.3, -0.25) is 9.59 Å². The number of hydrogen-bond donors (Lipinski definition) is 1. The third kappa shape index (κ3) is 4.29. The molecule has 0 radical (unpaired) electrons. The zero-order valence-electron chi connectivity index (χ0n) is 19.5. The van der Waals surface area contributed by atoms with Gasteiger partial charge >= 0.3 is 0 Å². The van der Waals surface area contributed by atoms with Crippen molar-refractivity contribution in [2.24, 2.45) is 0 Å². The summed E-state index contributed by atoms with van der Waals surface area (Å²) in [5.74, 6) is -0.0175. The molecule has 1 heterocycles. The summed E-state index contributed by atoms with van der Waals surface area (Å²) in [4.78, 5) is 28.2. The predicted molar refractivity (Wildman–Crippen MR) is 129 cm³/mol. The van der Waals surface area contributed by atoms with Gasteiger partial charge in [-0.05, 0) is 74.2 Å². The maximum atomic E-state index is 13.4. The number of anilines is 1. The number of aliphatic hydroxyl groups is 1. The Morgan fingerprint density at radius 1 is 0.939 bits per heavy atom. The number of Topliss-reactive ketones (excluding diaryl/α,β-unsaturated/α-hetero) is 1. The van der Waals surface area contributed by atoms with E-state index in [2.05, 4.69) is 0 Å². The Morgan fingerprint density at radius 3 is 2.42 bits per heavy atom. The van der Waals surface area contributed by atoms with E-state index in [9.17, 15) is 14.7 Å². The minimum atomic E-state index is -1.90. The molecule has 1 atom stereocenters. The average molecular weight is 444 g/mol. The van der Waals surface area contributed by atoms with Crippen LogP contribution in [0.1, 0.15) is 44.6 Å². The van der Waals surface area contributed by atoms with Crippen LogP contribution in [0.4, 0.5) is 5.69 Å². The van der Waals surface area contributed by atoms with E-state index in [-0.39, 0.29) is 25.4 Å². The first-order chi connectivity index (χ1) is 15.7. The fraction of sp³-hybridized carbons (Fsp3) is 0.286. The first-order valence-corrected chi connectivity index (χ1v) is 11.1. The highest BCUT2D eigenvalue weighted by Gasteiger charge is 2.50. The summed E-state index contributed by atoms with van der Waals surface area (Å²) in [5.41, 5.74) is 3.75. The lowest BCUT2D eigenvalue weighted by atomic mass is 9.86. The molecule has 5 nitrogen and oxygen atoms in total. The van der Waals surface area contributed by atoms with Gasteiger partial charge in [0.05, 0.1) is 18.7 Å². The lowest BCUT2D eigenvalue weighted by Gasteiger charge is -2.23. The van der Waals surface area contributed by atoms with Gasteiger partial charge in [0, 0.05) is 11.1 Å². The van der Waals surface area contributed by atoms with E-state index in [1.165, 1.54) is 4.90 Å². The van der Waals surface area contributed by atoms with Gasteiger partial charge in [0.15, 0.2) is 11.4 Å². The van der Waals surface area contributed by atoms with Gasteiger partial charge in [-0.2, -0.15) is 0 Å². The molecule has 33 heavy (non-hydrogen) atoms. The Bertz CT molecular complexity index is 1230. The fourth-order valence-electron chi connectivity index (χ4n) is 4.45. The second-order valence-electron chi connectivity index (χ2n) is 8.85. The van der Waals surface area contributed by atoms with Crippen molar-refractivity contribution in [2.75, 3.05) is 18.1 Å². The van der Waals surface area contributed by atoms with Gasteiger partial charge in [-0.15, -0.1) is 0 Å². The van der Waals surface area contributed by atoms with Crippen LogP contribution in [0.3, 0.4) is 0 Å². The number of para-hydroxylation sites is 1. The van der Waals surface area contributed by atoms with Crippen LogP contribution in [-0.2, 0) is 10.4 Å². The monoisotopic (exact) mass is 443 g/mol. The lowest BCUT2D eigenvalue weighted by Crippen LogP contribution is -2.43. The van der Waals surface area contributed by atoms with Crippen molar-refractivity contribution in [1.29, 1.82) is 0 Å². The van der Waals surface area contributed by atoms with Crippen molar-refractivity contribution >= 4 is 17.4 Å². The molecule has 3 aromatic rings. The van der Waals surface area contributed by atoms with Gasteiger partial charge in [-0.1, -0.05) is 36.4 Å².